The summed E-state index contributed by atoms with van der Waals surface area (Å²) < 4.78 is 39.5. The molecule has 1 rings (SSSR count). The minimum absolute atomic E-state index is 0.225. The number of nitrogens with two attached hydrogens (primary N) is 1. The van der Waals surface area contributed by atoms with Gasteiger partial charge >= 0.3 is 6.18 Å². The summed E-state index contributed by atoms with van der Waals surface area (Å²) in [7, 11) is 0. The fraction of sp³-hybridized carbons (Fsp3) is 0.778. The van der Waals surface area contributed by atoms with Gasteiger partial charge in [-0.1, -0.05) is 6.92 Å². The van der Waals surface area contributed by atoms with Crippen molar-refractivity contribution in [2.75, 3.05) is 0 Å². The molecule has 1 aromatic rings. The van der Waals surface area contributed by atoms with Crippen LogP contribution in [0.2, 0.25) is 0 Å². The Balaban J connectivity index is 3.16. The van der Waals surface area contributed by atoms with Gasteiger partial charge in [-0.15, -0.1) is 0 Å². The van der Waals surface area contributed by atoms with Gasteiger partial charge in [0.25, 0.3) is 0 Å². The van der Waals surface area contributed by atoms with Gasteiger partial charge in [-0.3, -0.25) is 0 Å². The molecule has 16 heavy (non-hydrogen) atoms. The molecule has 1 heterocycles. The van der Waals surface area contributed by atoms with E-state index in [-0.39, 0.29) is 12.2 Å². The lowest BCUT2D eigenvalue weighted by atomic mass is 10.1. The summed E-state index contributed by atoms with van der Waals surface area (Å²) in [5.41, 5.74) is 5.50. The molecule has 0 aliphatic rings. The van der Waals surface area contributed by atoms with E-state index in [0.29, 0.717) is 5.82 Å². The lowest BCUT2D eigenvalue weighted by Crippen LogP contribution is -2.42. The number of aromatic nitrogens is 3. The monoisotopic (exact) mass is 236 g/mol. The van der Waals surface area contributed by atoms with Crippen molar-refractivity contribution >= 4 is 0 Å². The average molecular weight is 236 g/mol. The highest BCUT2D eigenvalue weighted by Gasteiger charge is 2.45. The van der Waals surface area contributed by atoms with E-state index in [1.165, 1.54) is 6.92 Å². The normalized spacial score (nSPS) is 16.2. The summed E-state index contributed by atoms with van der Waals surface area (Å²) in [6.07, 6.45) is -4.19. The van der Waals surface area contributed by atoms with Gasteiger partial charge in [0.2, 0.25) is 0 Å². The molecule has 0 saturated heterocycles. The number of rotatable bonds is 3. The Morgan fingerprint density at radius 2 is 1.94 bits per heavy atom. The van der Waals surface area contributed by atoms with E-state index >= 15 is 0 Å². The van der Waals surface area contributed by atoms with Crippen LogP contribution in [0.4, 0.5) is 13.2 Å². The van der Waals surface area contributed by atoms with Crippen LogP contribution in [0.25, 0.3) is 0 Å². The molecule has 0 fully saturated rings. The average Bonchev–Trinajstić information content (AvgIpc) is 2.43. The van der Waals surface area contributed by atoms with E-state index in [2.05, 4.69) is 10.1 Å². The van der Waals surface area contributed by atoms with Crippen molar-refractivity contribution in [3.8, 4) is 0 Å². The van der Waals surface area contributed by atoms with Crippen LogP contribution in [0, 0.1) is 13.8 Å². The highest BCUT2D eigenvalue weighted by atomic mass is 19.4. The molecule has 2 atom stereocenters. The first kappa shape index (κ1) is 13.0. The van der Waals surface area contributed by atoms with Gasteiger partial charge in [0.1, 0.15) is 11.6 Å². The molecule has 0 amide bonds. The van der Waals surface area contributed by atoms with E-state index in [1.807, 2.05) is 0 Å². The molecular weight excluding hydrogens is 221 g/mol. The van der Waals surface area contributed by atoms with Crippen LogP contribution in [-0.2, 0) is 0 Å². The molecule has 0 aromatic carbocycles. The zero-order valence-corrected chi connectivity index (χ0v) is 9.41. The number of alkyl halides is 3. The van der Waals surface area contributed by atoms with E-state index in [0.717, 1.165) is 4.68 Å². The Kier molecular flexibility index (Phi) is 3.57. The summed E-state index contributed by atoms with van der Waals surface area (Å²) in [5, 5.41) is 3.75. The molecule has 0 aliphatic carbocycles. The fourth-order valence-electron chi connectivity index (χ4n) is 1.59. The molecule has 1 aromatic heterocycles. The van der Waals surface area contributed by atoms with Crippen LogP contribution in [0.3, 0.4) is 0 Å². The second-order valence-electron chi connectivity index (χ2n) is 3.71. The highest BCUT2D eigenvalue weighted by molar-refractivity contribution is 4.95. The molecule has 92 valence electrons. The Morgan fingerprint density at radius 3 is 2.25 bits per heavy atom. The number of aryl methyl sites for hydroxylation is 2. The van der Waals surface area contributed by atoms with E-state index in [1.54, 1.807) is 13.8 Å². The summed E-state index contributed by atoms with van der Waals surface area (Å²) in [6, 6.07) is -2.82. The first-order chi connectivity index (χ1) is 7.27. The number of nitrogens with zero attached hydrogens (tertiary/aromatic N) is 3. The minimum Gasteiger partial charge on any atom is -0.326 e. The smallest absolute Gasteiger partial charge is 0.326 e. The Labute approximate surface area is 91.6 Å². The van der Waals surface area contributed by atoms with Gasteiger partial charge in [0.15, 0.2) is 6.04 Å². The summed E-state index contributed by atoms with van der Waals surface area (Å²) in [5.74, 6) is 0.541. The SMILES string of the molecule is CCC(N)C(n1nc(C)nc1C)C(F)(F)F. The Hall–Kier alpha value is -1.11. The second kappa shape index (κ2) is 4.40. The largest absolute Gasteiger partial charge is 0.412 e. The van der Waals surface area contributed by atoms with Crippen LogP contribution in [-0.4, -0.2) is 27.0 Å². The van der Waals surface area contributed by atoms with Crippen molar-refractivity contribution in [2.24, 2.45) is 5.73 Å². The van der Waals surface area contributed by atoms with Gasteiger partial charge in [0, 0.05) is 6.04 Å². The van der Waals surface area contributed by atoms with Crippen molar-refractivity contribution in [1.82, 2.24) is 14.8 Å². The second-order valence-corrected chi connectivity index (χ2v) is 3.71. The predicted octanol–water partition coefficient (Wildman–Crippen LogP) is 1.74. The maximum atomic E-state index is 12.9. The first-order valence-corrected chi connectivity index (χ1v) is 4.99. The minimum atomic E-state index is -4.42. The number of hydrogen-bond acceptors (Lipinski definition) is 3. The maximum absolute atomic E-state index is 12.9. The lowest BCUT2D eigenvalue weighted by molar-refractivity contribution is -0.176. The first-order valence-electron chi connectivity index (χ1n) is 4.99. The molecule has 0 bridgehead atoms. The topological polar surface area (TPSA) is 56.7 Å². The molecule has 2 unspecified atom stereocenters. The molecule has 0 aliphatic heterocycles. The summed E-state index contributed by atoms with van der Waals surface area (Å²) in [4.78, 5) is 3.86. The summed E-state index contributed by atoms with van der Waals surface area (Å²) in [6.45, 7) is 4.65. The Bertz CT molecular complexity index is 358. The van der Waals surface area contributed by atoms with Crippen LogP contribution < -0.4 is 5.73 Å². The Morgan fingerprint density at radius 1 is 1.38 bits per heavy atom. The molecule has 0 spiro atoms. The molecule has 4 nitrogen and oxygen atoms in total. The maximum Gasteiger partial charge on any atom is 0.412 e. The van der Waals surface area contributed by atoms with Gasteiger partial charge < -0.3 is 5.73 Å². The molecule has 7 heteroatoms. The number of hydrogen-bond donors (Lipinski definition) is 1. The quantitative estimate of drug-likeness (QED) is 0.869. The van der Waals surface area contributed by atoms with Gasteiger partial charge in [-0.25, -0.2) is 9.67 Å². The molecule has 0 saturated carbocycles. The van der Waals surface area contributed by atoms with Crippen molar-refractivity contribution in [3.05, 3.63) is 11.6 Å². The van der Waals surface area contributed by atoms with Crippen molar-refractivity contribution < 1.29 is 13.2 Å². The fourth-order valence-corrected chi connectivity index (χ4v) is 1.59. The van der Waals surface area contributed by atoms with Gasteiger partial charge in [0.05, 0.1) is 0 Å². The van der Waals surface area contributed by atoms with Crippen molar-refractivity contribution in [3.63, 3.8) is 0 Å². The van der Waals surface area contributed by atoms with E-state index in [9.17, 15) is 13.2 Å². The summed E-state index contributed by atoms with van der Waals surface area (Å²) >= 11 is 0. The third kappa shape index (κ3) is 2.52. The molecule has 2 N–H and O–H groups in total. The van der Waals surface area contributed by atoms with Crippen molar-refractivity contribution in [1.29, 1.82) is 0 Å². The van der Waals surface area contributed by atoms with E-state index in [4.69, 9.17) is 5.73 Å². The van der Waals surface area contributed by atoms with Crippen LogP contribution in [0.1, 0.15) is 31.0 Å². The lowest BCUT2D eigenvalue weighted by Gasteiger charge is -2.26. The van der Waals surface area contributed by atoms with Crippen LogP contribution >= 0.6 is 0 Å². The highest BCUT2D eigenvalue weighted by Crippen LogP contribution is 2.33. The van der Waals surface area contributed by atoms with Gasteiger partial charge in [-0.05, 0) is 20.3 Å². The van der Waals surface area contributed by atoms with Crippen molar-refractivity contribution in [2.45, 2.75) is 45.5 Å². The molecular formula is C9H15F3N4. The van der Waals surface area contributed by atoms with Crippen LogP contribution in [0.5, 0.6) is 0 Å². The number of halogens is 3. The predicted molar refractivity (Wildman–Crippen MR) is 52.9 cm³/mol. The third-order valence-electron chi connectivity index (χ3n) is 2.38. The zero-order chi connectivity index (χ0) is 12.5. The van der Waals surface area contributed by atoms with Gasteiger partial charge in [-0.2, -0.15) is 18.3 Å². The third-order valence-corrected chi connectivity index (χ3v) is 2.38. The molecule has 0 radical (unpaired) electrons. The van der Waals surface area contributed by atoms with E-state index < -0.39 is 18.3 Å². The standard InChI is InChI=1S/C9H15F3N4/c1-4-7(13)8(9(10,11)12)16-6(3)14-5(2)15-16/h7-8H,4,13H2,1-3H3. The van der Waals surface area contributed by atoms with Crippen LogP contribution in [0.15, 0.2) is 0 Å². The zero-order valence-electron chi connectivity index (χ0n) is 9.41.